The Kier molecular flexibility index (Phi) is 5.40. The molecule has 130 valence electrons. The van der Waals surface area contributed by atoms with Gasteiger partial charge >= 0.3 is 0 Å². The van der Waals surface area contributed by atoms with E-state index in [9.17, 15) is 4.39 Å². The van der Waals surface area contributed by atoms with Gasteiger partial charge in [0.2, 0.25) is 0 Å². The van der Waals surface area contributed by atoms with Crippen molar-refractivity contribution in [2.45, 2.75) is 31.1 Å². The lowest BCUT2D eigenvalue weighted by Gasteiger charge is -2.07. The first-order valence-electron chi connectivity index (χ1n) is 8.19. The summed E-state index contributed by atoms with van der Waals surface area (Å²) >= 11 is 0. The number of nitrogens with zero attached hydrogens (tertiary/aromatic N) is 3. The van der Waals surface area contributed by atoms with Gasteiger partial charge in [-0.3, -0.25) is 5.14 Å². The molecule has 0 aliphatic heterocycles. The van der Waals surface area contributed by atoms with Crippen LogP contribution in [0.5, 0.6) is 0 Å². The van der Waals surface area contributed by atoms with Crippen LogP contribution in [0.25, 0.3) is 17.1 Å². The van der Waals surface area contributed by atoms with Crippen molar-refractivity contribution in [2.75, 3.05) is 0 Å². The van der Waals surface area contributed by atoms with Crippen LogP contribution in [0.15, 0.2) is 53.4 Å². The van der Waals surface area contributed by atoms with Crippen molar-refractivity contribution in [3.05, 3.63) is 60.2 Å². The molecule has 3 aromatic rings. The summed E-state index contributed by atoms with van der Waals surface area (Å²) in [7, 11) is -0.524. The third kappa shape index (κ3) is 4.03. The molecule has 3 rings (SSSR count). The third-order valence-electron chi connectivity index (χ3n) is 3.89. The lowest BCUT2D eigenvalue weighted by atomic mass is 10.2. The van der Waals surface area contributed by atoms with Crippen LogP contribution in [-0.4, -0.2) is 20.6 Å². The average Bonchev–Trinajstić information content (AvgIpc) is 3.05. The van der Waals surface area contributed by atoms with E-state index in [1.165, 1.54) is 12.1 Å². The Balaban J connectivity index is 2.05. The predicted molar refractivity (Wildman–Crippen MR) is 103 cm³/mol. The molecular weight excluding hydrogens is 335 g/mol. The summed E-state index contributed by atoms with van der Waals surface area (Å²) in [4.78, 5) is 5.66. The molecule has 0 aliphatic rings. The van der Waals surface area contributed by atoms with Gasteiger partial charge in [0.05, 0.1) is 5.69 Å². The topological polar surface area (TPSA) is 56.7 Å². The largest absolute Gasteiger partial charge is 0.280 e. The number of rotatable bonds is 6. The van der Waals surface area contributed by atoms with Crippen molar-refractivity contribution in [3.63, 3.8) is 0 Å². The van der Waals surface area contributed by atoms with Gasteiger partial charge in [-0.2, -0.15) is 5.10 Å². The predicted octanol–water partition coefficient (Wildman–Crippen LogP) is 4.35. The maximum atomic E-state index is 13.3. The highest BCUT2D eigenvalue weighted by Crippen LogP contribution is 2.24. The average molecular weight is 356 g/mol. The Hall–Kier alpha value is -2.31. The second-order valence-electron chi connectivity index (χ2n) is 5.80. The Morgan fingerprint density at radius 1 is 1.12 bits per heavy atom. The molecular formula is C19H21FN4S. The molecule has 0 radical (unpaired) electrons. The maximum absolute atomic E-state index is 13.3. The summed E-state index contributed by atoms with van der Waals surface area (Å²) in [6, 6.07) is 14.1. The summed E-state index contributed by atoms with van der Waals surface area (Å²) in [5.41, 5.74) is 1.72. The van der Waals surface area contributed by atoms with Crippen LogP contribution >= 0.6 is 10.7 Å². The first kappa shape index (κ1) is 17.5. The van der Waals surface area contributed by atoms with Crippen LogP contribution in [0, 0.1) is 5.82 Å². The van der Waals surface area contributed by atoms with E-state index in [0.29, 0.717) is 5.82 Å². The molecule has 1 unspecified atom stereocenters. The number of hydrogen-bond donors (Lipinski definition) is 1. The Morgan fingerprint density at radius 2 is 1.80 bits per heavy atom. The molecule has 0 saturated carbocycles. The number of aromatic nitrogens is 3. The van der Waals surface area contributed by atoms with E-state index in [-0.39, 0.29) is 5.82 Å². The lowest BCUT2D eigenvalue weighted by Crippen LogP contribution is -2.00. The Bertz CT molecular complexity index is 869. The summed E-state index contributed by atoms with van der Waals surface area (Å²) in [5.74, 6) is 5.09. The van der Waals surface area contributed by atoms with Crippen LogP contribution in [-0.2, 0) is 6.42 Å². The van der Waals surface area contributed by atoms with Crippen molar-refractivity contribution < 1.29 is 4.39 Å². The SMILES string of the molecule is C=S(N)c1ccc(-n2nc(CCCC)nc2-c2ccc(F)cc2)cc1. The van der Waals surface area contributed by atoms with Crippen LogP contribution < -0.4 is 5.14 Å². The van der Waals surface area contributed by atoms with E-state index in [0.717, 1.165) is 41.2 Å². The van der Waals surface area contributed by atoms with E-state index in [1.54, 1.807) is 16.8 Å². The Labute approximate surface area is 149 Å². The number of hydrogen-bond acceptors (Lipinski definition) is 3. The van der Waals surface area contributed by atoms with Gasteiger partial charge in [-0.1, -0.05) is 29.9 Å². The summed E-state index contributed by atoms with van der Waals surface area (Å²) in [6.07, 6.45) is 2.93. The van der Waals surface area contributed by atoms with Crippen molar-refractivity contribution >= 4 is 16.5 Å². The minimum atomic E-state index is -0.524. The van der Waals surface area contributed by atoms with Crippen LogP contribution in [0.1, 0.15) is 25.6 Å². The zero-order valence-corrected chi connectivity index (χ0v) is 15.0. The van der Waals surface area contributed by atoms with Crippen molar-refractivity contribution in [3.8, 4) is 17.1 Å². The molecule has 1 aromatic heterocycles. The fourth-order valence-corrected chi connectivity index (χ4v) is 3.01. The van der Waals surface area contributed by atoms with E-state index in [1.807, 2.05) is 24.3 Å². The summed E-state index contributed by atoms with van der Waals surface area (Å²) < 4.78 is 15.1. The minimum absolute atomic E-state index is 0.268. The molecule has 0 spiro atoms. The quantitative estimate of drug-likeness (QED) is 0.668. The Morgan fingerprint density at radius 3 is 2.40 bits per heavy atom. The second kappa shape index (κ2) is 7.72. The maximum Gasteiger partial charge on any atom is 0.163 e. The number of benzene rings is 2. The van der Waals surface area contributed by atoms with Gasteiger partial charge in [0.1, 0.15) is 5.82 Å². The molecule has 25 heavy (non-hydrogen) atoms. The van der Waals surface area contributed by atoms with Gasteiger partial charge in [-0.05, 0) is 55.0 Å². The van der Waals surface area contributed by atoms with Gasteiger partial charge in [-0.15, -0.1) is 0 Å². The fraction of sp³-hybridized carbons (Fsp3) is 0.211. The zero-order valence-electron chi connectivity index (χ0n) is 14.2. The first-order valence-corrected chi connectivity index (χ1v) is 9.65. The van der Waals surface area contributed by atoms with Crippen molar-refractivity contribution in [2.24, 2.45) is 5.14 Å². The van der Waals surface area contributed by atoms with E-state index in [4.69, 9.17) is 5.14 Å². The van der Waals surface area contributed by atoms with Crippen LogP contribution in [0.3, 0.4) is 0 Å². The van der Waals surface area contributed by atoms with E-state index >= 15 is 0 Å². The molecule has 2 aromatic carbocycles. The van der Waals surface area contributed by atoms with Crippen molar-refractivity contribution in [1.29, 1.82) is 0 Å². The molecule has 0 aliphatic carbocycles. The highest BCUT2D eigenvalue weighted by atomic mass is 32.2. The number of nitrogens with two attached hydrogens (primary N) is 1. The second-order valence-corrected chi connectivity index (χ2v) is 7.13. The van der Waals surface area contributed by atoms with Crippen LogP contribution in [0.2, 0.25) is 0 Å². The molecule has 0 amide bonds. The highest BCUT2D eigenvalue weighted by molar-refractivity contribution is 8.12. The van der Waals surface area contributed by atoms with Gasteiger partial charge in [0, 0.05) is 16.9 Å². The zero-order chi connectivity index (χ0) is 17.8. The smallest absolute Gasteiger partial charge is 0.163 e. The molecule has 1 heterocycles. The minimum Gasteiger partial charge on any atom is -0.280 e. The van der Waals surface area contributed by atoms with Crippen molar-refractivity contribution in [1.82, 2.24) is 14.8 Å². The summed E-state index contributed by atoms with van der Waals surface area (Å²) in [5, 5.41) is 10.5. The molecule has 0 fully saturated rings. The third-order valence-corrected chi connectivity index (χ3v) is 4.77. The van der Waals surface area contributed by atoms with Gasteiger partial charge in [0.25, 0.3) is 0 Å². The number of aryl methyl sites for hydroxylation is 1. The number of unbranched alkanes of at least 4 members (excludes halogenated alkanes) is 1. The van der Waals surface area contributed by atoms with Crippen LogP contribution in [0.4, 0.5) is 4.39 Å². The van der Waals surface area contributed by atoms with Gasteiger partial charge in [0.15, 0.2) is 11.6 Å². The van der Waals surface area contributed by atoms with E-state index < -0.39 is 10.7 Å². The summed E-state index contributed by atoms with van der Waals surface area (Å²) in [6.45, 7) is 2.14. The standard InChI is InChI=1S/C19H21FN4S/c1-3-4-5-18-22-19(14-6-8-15(20)9-7-14)24(23-18)16-10-12-17(13-11-16)25(2)21/h6-13H,2-5,21H2,1H3. The molecule has 1 atom stereocenters. The highest BCUT2D eigenvalue weighted by Gasteiger charge is 2.13. The molecule has 0 bridgehead atoms. The van der Waals surface area contributed by atoms with Gasteiger partial charge in [-0.25, -0.2) is 14.1 Å². The van der Waals surface area contributed by atoms with Gasteiger partial charge < -0.3 is 0 Å². The monoisotopic (exact) mass is 356 g/mol. The normalized spacial score (nSPS) is 12.3. The molecule has 0 saturated heterocycles. The molecule has 2 N–H and O–H groups in total. The molecule has 6 heteroatoms. The lowest BCUT2D eigenvalue weighted by molar-refractivity contribution is 0.628. The first-order chi connectivity index (χ1) is 12.1. The van der Waals surface area contributed by atoms with E-state index in [2.05, 4.69) is 22.9 Å². The number of halogens is 1. The molecule has 4 nitrogen and oxygen atoms in total. The fourth-order valence-electron chi connectivity index (χ4n) is 2.52.